The van der Waals surface area contributed by atoms with Gasteiger partial charge in [-0.05, 0) is 57.6 Å². The van der Waals surface area contributed by atoms with Gasteiger partial charge >= 0.3 is 0 Å². The molecule has 2 fully saturated rings. The first-order valence-corrected chi connectivity index (χ1v) is 9.39. The molecule has 6 nitrogen and oxygen atoms in total. The number of hydrogen-bond acceptors (Lipinski definition) is 4. The number of nitrogens with zero attached hydrogens (tertiary/aromatic N) is 3. The molecule has 2 aliphatic heterocycles. The van der Waals surface area contributed by atoms with Gasteiger partial charge in [0.25, 0.3) is 0 Å². The van der Waals surface area contributed by atoms with Crippen molar-refractivity contribution in [3.63, 3.8) is 0 Å². The zero-order valence-electron chi connectivity index (χ0n) is 16.0. The van der Waals surface area contributed by atoms with E-state index in [4.69, 9.17) is 4.74 Å². The van der Waals surface area contributed by atoms with Gasteiger partial charge < -0.3 is 19.4 Å². The lowest BCUT2D eigenvalue weighted by Crippen LogP contribution is -2.50. The number of amides is 2. The van der Waals surface area contributed by atoms with Gasteiger partial charge in [-0.2, -0.15) is 0 Å². The van der Waals surface area contributed by atoms with Crippen LogP contribution >= 0.6 is 0 Å². The molecule has 0 saturated carbocycles. The summed E-state index contributed by atoms with van der Waals surface area (Å²) in [7, 11) is 5.71. The van der Waals surface area contributed by atoms with Crippen LogP contribution in [0.2, 0.25) is 0 Å². The fourth-order valence-electron chi connectivity index (χ4n) is 4.02. The third-order valence-electron chi connectivity index (χ3n) is 5.34. The molecule has 26 heavy (non-hydrogen) atoms. The van der Waals surface area contributed by atoms with Crippen LogP contribution in [0.5, 0.6) is 5.75 Å². The molecule has 2 heterocycles. The summed E-state index contributed by atoms with van der Waals surface area (Å²) in [5.74, 6) is 0.677. The molecule has 3 rings (SSSR count). The zero-order valence-corrected chi connectivity index (χ0v) is 16.0. The molecule has 1 aromatic rings. The standard InChI is InChI=1S/C20H29N3O3/c1-21(2)14-17-6-4-5-11-22(17)20(25)15-12-19(24)23(13-15)16-7-9-18(26-3)10-8-16/h7-10,15,17H,4-6,11-14H2,1-3H3/t15-,17-/m0/s1. The van der Waals surface area contributed by atoms with Crippen LogP contribution in [-0.2, 0) is 9.59 Å². The van der Waals surface area contributed by atoms with Crippen molar-refractivity contribution in [1.29, 1.82) is 0 Å². The maximum absolute atomic E-state index is 13.1. The Morgan fingerprint density at radius 2 is 1.96 bits per heavy atom. The molecule has 0 aromatic heterocycles. The normalized spacial score (nSPS) is 23.6. The lowest BCUT2D eigenvalue weighted by atomic mass is 9.98. The number of ether oxygens (including phenoxy) is 1. The largest absolute Gasteiger partial charge is 0.497 e. The van der Waals surface area contributed by atoms with Gasteiger partial charge in [0.2, 0.25) is 11.8 Å². The number of carbonyl (C=O) groups is 2. The first kappa shape index (κ1) is 18.7. The van der Waals surface area contributed by atoms with E-state index < -0.39 is 0 Å². The number of hydrogen-bond donors (Lipinski definition) is 0. The summed E-state index contributed by atoms with van der Waals surface area (Å²) >= 11 is 0. The molecule has 2 amide bonds. The molecule has 0 radical (unpaired) electrons. The predicted molar refractivity (Wildman–Crippen MR) is 101 cm³/mol. The van der Waals surface area contributed by atoms with Crippen molar-refractivity contribution in [2.45, 2.75) is 31.7 Å². The Kier molecular flexibility index (Phi) is 5.81. The van der Waals surface area contributed by atoms with Crippen LogP contribution in [0, 0.1) is 5.92 Å². The third kappa shape index (κ3) is 4.01. The highest BCUT2D eigenvalue weighted by molar-refractivity contribution is 6.00. The Labute approximate surface area is 155 Å². The molecule has 0 unspecified atom stereocenters. The molecule has 0 bridgehead atoms. The summed E-state index contributed by atoms with van der Waals surface area (Å²) in [6.45, 7) is 2.16. The van der Waals surface area contributed by atoms with Crippen LogP contribution in [0.1, 0.15) is 25.7 Å². The van der Waals surface area contributed by atoms with E-state index in [1.807, 2.05) is 43.3 Å². The summed E-state index contributed by atoms with van der Waals surface area (Å²) < 4.78 is 5.17. The second-order valence-corrected chi connectivity index (χ2v) is 7.55. The number of likely N-dealkylation sites (N-methyl/N-ethyl adjacent to an activating group) is 1. The van der Waals surface area contributed by atoms with Gasteiger partial charge in [-0.25, -0.2) is 0 Å². The Morgan fingerprint density at radius 3 is 2.62 bits per heavy atom. The van der Waals surface area contributed by atoms with Crippen LogP contribution in [0.25, 0.3) is 0 Å². The van der Waals surface area contributed by atoms with E-state index >= 15 is 0 Å². The maximum Gasteiger partial charge on any atom is 0.228 e. The van der Waals surface area contributed by atoms with E-state index in [0.29, 0.717) is 13.0 Å². The van der Waals surface area contributed by atoms with Crippen LogP contribution in [0.3, 0.4) is 0 Å². The first-order chi connectivity index (χ1) is 12.5. The molecule has 1 aromatic carbocycles. The molecule has 0 aliphatic carbocycles. The average Bonchev–Trinajstić information content (AvgIpc) is 3.03. The van der Waals surface area contributed by atoms with Crippen molar-refractivity contribution in [3.8, 4) is 5.75 Å². The number of benzene rings is 1. The predicted octanol–water partition coefficient (Wildman–Crippen LogP) is 1.99. The Balaban J connectivity index is 1.69. The minimum Gasteiger partial charge on any atom is -0.497 e. The topological polar surface area (TPSA) is 53.1 Å². The number of methoxy groups -OCH3 is 1. The highest BCUT2D eigenvalue weighted by atomic mass is 16.5. The molecule has 0 spiro atoms. The van der Waals surface area contributed by atoms with E-state index in [9.17, 15) is 9.59 Å². The molecular weight excluding hydrogens is 330 g/mol. The lowest BCUT2D eigenvalue weighted by Gasteiger charge is -2.38. The maximum atomic E-state index is 13.1. The molecule has 0 N–H and O–H groups in total. The summed E-state index contributed by atoms with van der Waals surface area (Å²) in [4.78, 5) is 31.5. The first-order valence-electron chi connectivity index (χ1n) is 9.39. The molecule has 2 atom stereocenters. The number of anilines is 1. The van der Waals surface area contributed by atoms with Crippen LogP contribution < -0.4 is 9.64 Å². The van der Waals surface area contributed by atoms with Gasteiger partial charge in [0.05, 0.1) is 13.0 Å². The quantitative estimate of drug-likeness (QED) is 0.807. The van der Waals surface area contributed by atoms with Gasteiger partial charge in [-0.15, -0.1) is 0 Å². The second-order valence-electron chi connectivity index (χ2n) is 7.55. The minimum absolute atomic E-state index is 0.0229. The van der Waals surface area contributed by atoms with Crippen molar-refractivity contribution in [3.05, 3.63) is 24.3 Å². The Hall–Kier alpha value is -2.08. The number of carbonyl (C=O) groups excluding carboxylic acids is 2. The number of piperidine rings is 1. The van der Waals surface area contributed by atoms with E-state index in [0.717, 1.165) is 37.4 Å². The highest BCUT2D eigenvalue weighted by Crippen LogP contribution is 2.29. The Morgan fingerprint density at radius 1 is 1.23 bits per heavy atom. The average molecular weight is 359 g/mol. The van der Waals surface area contributed by atoms with Gasteiger partial charge in [-0.3, -0.25) is 9.59 Å². The number of likely N-dealkylation sites (tertiary alicyclic amines) is 1. The monoisotopic (exact) mass is 359 g/mol. The van der Waals surface area contributed by atoms with Crippen molar-refractivity contribution < 1.29 is 14.3 Å². The summed E-state index contributed by atoms with van der Waals surface area (Å²) in [5.41, 5.74) is 0.828. The van der Waals surface area contributed by atoms with Gasteiger partial charge in [0, 0.05) is 37.8 Å². The van der Waals surface area contributed by atoms with Crippen LogP contribution in [0.4, 0.5) is 5.69 Å². The van der Waals surface area contributed by atoms with Crippen molar-refractivity contribution >= 4 is 17.5 Å². The van der Waals surface area contributed by atoms with E-state index in [-0.39, 0.29) is 23.8 Å². The SMILES string of the molecule is COc1ccc(N2C[C@@H](C(=O)N3CCCC[C@H]3CN(C)C)CC2=O)cc1. The minimum atomic E-state index is -0.243. The zero-order chi connectivity index (χ0) is 18.7. The lowest BCUT2D eigenvalue weighted by molar-refractivity contribution is -0.139. The molecule has 142 valence electrons. The summed E-state index contributed by atoms with van der Waals surface area (Å²) in [6.07, 6.45) is 3.57. The van der Waals surface area contributed by atoms with Crippen molar-refractivity contribution in [2.75, 3.05) is 45.7 Å². The molecule has 2 saturated heterocycles. The highest BCUT2D eigenvalue weighted by Gasteiger charge is 2.39. The number of rotatable bonds is 5. The summed E-state index contributed by atoms with van der Waals surface area (Å²) in [5, 5.41) is 0. The fourth-order valence-corrected chi connectivity index (χ4v) is 4.02. The summed E-state index contributed by atoms with van der Waals surface area (Å²) in [6, 6.07) is 7.69. The fraction of sp³-hybridized carbons (Fsp3) is 0.600. The van der Waals surface area contributed by atoms with E-state index in [1.54, 1.807) is 12.0 Å². The molecular formula is C20H29N3O3. The molecule has 6 heteroatoms. The van der Waals surface area contributed by atoms with Crippen LogP contribution in [-0.4, -0.2) is 68.5 Å². The Bertz CT molecular complexity index is 644. The van der Waals surface area contributed by atoms with Gasteiger partial charge in [0.1, 0.15) is 5.75 Å². The van der Waals surface area contributed by atoms with Gasteiger partial charge in [-0.1, -0.05) is 0 Å². The van der Waals surface area contributed by atoms with Crippen molar-refractivity contribution in [1.82, 2.24) is 9.80 Å². The van der Waals surface area contributed by atoms with Crippen molar-refractivity contribution in [2.24, 2.45) is 5.92 Å². The van der Waals surface area contributed by atoms with Crippen LogP contribution in [0.15, 0.2) is 24.3 Å². The molecule has 2 aliphatic rings. The second kappa shape index (κ2) is 8.08. The third-order valence-corrected chi connectivity index (χ3v) is 5.34. The smallest absolute Gasteiger partial charge is 0.228 e. The van der Waals surface area contributed by atoms with Gasteiger partial charge in [0.15, 0.2) is 0 Å². The van der Waals surface area contributed by atoms with E-state index in [2.05, 4.69) is 4.90 Å². The van der Waals surface area contributed by atoms with E-state index in [1.165, 1.54) is 6.42 Å².